The number of nitrogens with two attached hydrogens (primary N) is 1. The zero-order valence-corrected chi connectivity index (χ0v) is 37.9. The number of carbonyl (C=O) groups is 2. The molecule has 56 heavy (non-hydrogen) atoms. The quantitative estimate of drug-likeness (QED) is 0.0419. The fourth-order valence-corrected chi connectivity index (χ4v) is 8.11. The summed E-state index contributed by atoms with van der Waals surface area (Å²) in [5.41, 5.74) is 6.07. The van der Waals surface area contributed by atoms with Gasteiger partial charge >= 0.3 is 11.9 Å². The smallest absolute Gasteiger partial charge is 0.305 e. The van der Waals surface area contributed by atoms with E-state index in [1.807, 2.05) is 0 Å². The molecule has 0 aliphatic heterocycles. The molecule has 6 heteroatoms. The number of carbonyl (C=O) groups excluding carboxylic acids is 1. The summed E-state index contributed by atoms with van der Waals surface area (Å²) < 4.78 is 5.44. The van der Waals surface area contributed by atoms with E-state index in [9.17, 15) is 9.59 Å². The van der Waals surface area contributed by atoms with Gasteiger partial charge in [0.2, 0.25) is 0 Å². The van der Waals surface area contributed by atoms with E-state index >= 15 is 0 Å². The van der Waals surface area contributed by atoms with Crippen LogP contribution in [0.25, 0.3) is 0 Å². The van der Waals surface area contributed by atoms with E-state index in [1.165, 1.54) is 238 Å². The molecule has 0 rings (SSSR count). The SMILES string of the molecule is CCCCCCCCCCCCOC(=O)CCCCCCCCCCCCCCCCCNC(CN)CCCCCCCCCCCCCCCCCC(=O)O. The first kappa shape index (κ1) is 54.9. The van der Waals surface area contributed by atoms with Gasteiger partial charge in [0.1, 0.15) is 0 Å². The molecule has 0 spiro atoms. The number of carboxylic acids is 1. The van der Waals surface area contributed by atoms with Crippen LogP contribution in [0.15, 0.2) is 0 Å². The molecule has 0 bridgehead atoms. The summed E-state index contributed by atoms with van der Waals surface area (Å²) in [6.07, 6.45) is 54.6. The van der Waals surface area contributed by atoms with Crippen LogP contribution in [-0.4, -0.2) is 42.8 Å². The Morgan fingerprint density at radius 3 is 1.14 bits per heavy atom. The monoisotopic (exact) mass is 793 g/mol. The average molecular weight is 793 g/mol. The highest BCUT2D eigenvalue weighted by Crippen LogP contribution is 2.17. The van der Waals surface area contributed by atoms with Gasteiger partial charge in [0.15, 0.2) is 0 Å². The van der Waals surface area contributed by atoms with Crippen LogP contribution in [0.2, 0.25) is 0 Å². The average Bonchev–Trinajstić information content (AvgIpc) is 3.19. The largest absolute Gasteiger partial charge is 0.481 e. The standard InChI is InChI=1S/C50H100N2O4/c1-2-3-4-5-6-7-26-31-36-41-46-56-50(55)44-39-34-29-24-20-16-12-9-13-17-21-25-30-35-40-45-52-48(47-51)42-37-32-27-22-18-14-10-8-11-15-19-23-28-33-38-43-49(53)54/h48,52H,2-47,51H2,1H3,(H,53,54). The number of hydrogen-bond donors (Lipinski definition) is 3. The van der Waals surface area contributed by atoms with Crippen LogP contribution in [0.4, 0.5) is 0 Å². The van der Waals surface area contributed by atoms with E-state index < -0.39 is 5.97 Å². The Morgan fingerprint density at radius 2 is 0.768 bits per heavy atom. The molecule has 1 atom stereocenters. The van der Waals surface area contributed by atoms with Gasteiger partial charge in [-0.15, -0.1) is 0 Å². The van der Waals surface area contributed by atoms with E-state index in [4.69, 9.17) is 15.6 Å². The van der Waals surface area contributed by atoms with Crippen LogP contribution < -0.4 is 11.1 Å². The van der Waals surface area contributed by atoms with Gasteiger partial charge < -0.3 is 20.9 Å². The highest BCUT2D eigenvalue weighted by atomic mass is 16.5. The van der Waals surface area contributed by atoms with E-state index in [-0.39, 0.29) is 5.97 Å². The van der Waals surface area contributed by atoms with Crippen molar-refractivity contribution in [2.75, 3.05) is 19.7 Å². The number of unbranched alkanes of at least 4 members (excludes halogenated alkanes) is 37. The topological polar surface area (TPSA) is 102 Å². The van der Waals surface area contributed by atoms with E-state index in [1.54, 1.807) is 0 Å². The fraction of sp³-hybridized carbons (Fsp3) is 0.960. The minimum atomic E-state index is -0.658. The van der Waals surface area contributed by atoms with Gasteiger partial charge in [0, 0.05) is 25.4 Å². The van der Waals surface area contributed by atoms with Crippen LogP contribution in [0.5, 0.6) is 0 Å². The molecular formula is C50H100N2O4. The fourth-order valence-electron chi connectivity index (χ4n) is 8.11. The molecule has 0 saturated carbocycles. The Hall–Kier alpha value is -1.14. The third-order valence-corrected chi connectivity index (χ3v) is 12.0. The molecule has 4 N–H and O–H groups in total. The van der Waals surface area contributed by atoms with Gasteiger partial charge in [-0.2, -0.15) is 0 Å². The third-order valence-electron chi connectivity index (χ3n) is 12.0. The maximum Gasteiger partial charge on any atom is 0.305 e. The molecule has 0 aliphatic rings. The van der Waals surface area contributed by atoms with Crippen LogP contribution in [0.3, 0.4) is 0 Å². The zero-order valence-electron chi connectivity index (χ0n) is 37.9. The first-order valence-electron chi connectivity index (χ1n) is 25.4. The first-order chi connectivity index (χ1) is 27.6. The Balaban J connectivity index is 3.28. The molecule has 0 aromatic rings. The van der Waals surface area contributed by atoms with E-state index in [0.29, 0.717) is 25.5 Å². The van der Waals surface area contributed by atoms with Gasteiger partial charge in [0.25, 0.3) is 0 Å². The molecule has 0 aromatic carbocycles. The Morgan fingerprint density at radius 1 is 0.446 bits per heavy atom. The van der Waals surface area contributed by atoms with Crippen molar-refractivity contribution in [1.82, 2.24) is 5.32 Å². The van der Waals surface area contributed by atoms with Crippen molar-refractivity contribution in [2.24, 2.45) is 5.73 Å². The Bertz CT molecular complexity index is 778. The Labute approximate surface area is 350 Å². The summed E-state index contributed by atoms with van der Waals surface area (Å²) >= 11 is 0. The molecule has 0 amide bonds. The number of ether oxygens (including phenoxy) is 1. The summed E-state index contributed by atoms with van der Waals surface area (Å²) in [5.74, 6) is -0.641. The molecule has 334 valence electrons. The van der Waals surface area contributed by atoms with E-state index in [2.05, 4.69) is 12.2 Å². The lowest BCUT2D eigenvalue weighted by Gasteiger charge is -2.16. The van der Waals surface area contributed by atoms with Crippen LogP contribution in [0.1, 0.15) is 283 Å². The molecular weight excluding hydrogens is 693 g/mol. The first-order valence-corrected chi connectivity index (χ1v) is 25.4. The number of esters is 1. The number of carboxylic acid groups (broad SMARTS) is 1. The predicted molar refractivity (Wildman–Crippen MR) is 244 cm³/mol. The van der Waals surface area contributed by atoms with Crippen LogP contribution >= 0.6 is 0 Å². The highest BCUT2D eigenvalue weighted by molar-refractivity contribution is 5.69. The highest BCUT2D eigenvalue weighted by Gasteiger charge is 2.06. The maximum atomic E-state index is 12.0. The summed E-state index contributed by atoms with van der Waals surface area (Å²) in [7, 11) is 0. The second-order valence-electron chi connectivity index (χ2n) is 17.6. The summed E-state index contributed by atoms with van der Waals surface area (Å²) in [6.45, 7) is 4.79. The van der Waals surface area contributed by atoms with Gasteiger partial charge in [-0.25, -0.2) is 0 Å². The molecule has 0 radical (unpaired) electrons. The minimum Gasteiger partial charge on any atom is -0.481 e. The number of aliphatic carboxylic acids is 1. The minimum absolute atomic E-state index is 0.0167. The molecule has 0 aromatic heterocycles. The number of nitrogens with one attached hydrogen (secondary N) is 1. The second kappa shape index (κ2) is 48.2. The second-order valence-corrected chi connectivity index (χ2v) is 17.6. The molecule has 0 fully saturated rings. The van der Waals surface area contributed by atoms with Crippen LogP contribution in [0, 0.1) is 0 Å². The third kappa shape index (κ3) is 47.2. The van der Waals surface area contributed by atoms with Crippen molar-refractivity contribution in [2.45, 2.75) is 289 Å². The maximum absolute atomic E-state index is 12.0. The summed E-state index contributed by atoms with van der Waals surface area (Å²) in [4.78, 5) is 22.5. The van der Waals surface area contributed by atoms with Gasteiger partial charge in [-0.05, 0) is 38.6 Å². The molecule has 6 nitrogen and oxygen atoms in total. The lowest BCUT2D eigenvalue weighted by Crippen LogP contribution is -2.36. The van der Waals surface area contributed by atoms with Gasteiger partial charge in [-0.3, -0.25) is 9.59 Å². The number of rotatable bonds is 49. The van der Waals surface area contributed by atoms with Crippen LogP contribution in [-0.2, 0) is 14.3 Å². The van der Waals surface area contributed by atoms with E-state index in [0.717, 1.165) is 38.8 Å². The zero-order chi connectivity index (χ0) is 40.7. The summed E-state index contributed by atoms with van der Waals surface area (Å²) in [5, 5.41) is 12.4. The molecule has 0 saturated heterocycles. The van der Waals surface area contributed by atoms with Crippen molar-refractivity contribution in [1.29, 1.82) is 0 Å². The normalized spacial score (nSPS) is 12.0. The van der Waals surface area contributed by atoms with Gasteiger partial charge in [0.05, 0.1) is 6.61 Å². The van der Waals surface area contributed by atoms with Crippen molar-refractivity contribution < 1.29 is 19.4 Å². The molecule has 0 aliphatic carbocycles. The lowest BCUT2D eigenvalue weighted by atomic mass is 10.0. The van der Waals surface area contributed by atoms with Crippen molar-refractivity contribution >= 4 is 11.9 Å². The summed E-state index contributed by atoms with van der Waals surface area (Å²) in [6, 6.07) is 0.499. The molecule has 0 heterocycles. The van der Waals surface area contributed by atoms with Crippen molar-refractivity contribution in [3.63, 3.8) is 0 Å². The predicted octanol–water partition coefficient (Wildman–Crippen LogP) is 15.3. The number of hydrogen-bond acceptors (Lipinski definition) is 5. The van der Waals surface area contributed by atoms with Crippen molar-refractivity contribution in [3.8, 4) is 0 Å². The van der Waals surface area contributed by atoms with Gasteiger partial charge in [-0.1, -0.05) is 238 Å². The Kier molecular flexibility index (Phi) is 47.2. The van der Waals surface area contributed by atoms with Crippen molar-refractivity contribution in [3.05, 3.63) is 0 Å². The molecule has 1 unspecified atom stereocenters. The lowest BCUT2D eigenvalue weighted by molar-refractivity contribution is -0.144.